The number of halogens is 2. The van der Waals surface area contributed by atoms with Gasteiger partial charge in [0.15, 0.2) is 0 Å². The second-order valence-corrected chi connectivity index (χ2v) is 4.56. The van der Waals surface area contributed by atoms with E-state index >= 15 is 0 Å². The fourth-order valence-electron chi connectivity index (χ4n) is 0.918. The van der Waals surface area contributed by atoms with Crippen molar-refractivity contribution < 1.29 is 0 Å². The highest BCUT2D eigenvalue weighted by atomic mass is 79.9. The Bertz CT molecular complexity index is 384. The number of nitrogens with zero attached hydrogens (tertiary/aromatic N) is 1. The average Bonchev–Trinajstić information content (AvgIpc) is 2.19. The van der Waals surface area contributed by atoms with Crippen LogP contribution in [0.2, 0.25) is 0 Å². The molecule has 0 amide bonds. The Morgan fingerprint density at radius 1 is 0.800 bits per heavy atom. The Kier molecular flexibility index (Phi) is 5.58. The minimum Gasteiger partial charge on any atom is -0.234 e. The van der Waals surface area contributed by atoms with E-state index < -0.39 is 0 Å². The summed E-state index contributed by atoms with van der Waals surface area (Å²) in [4.78, 5) is 4.01. The van der Waals surface area contributed by atoms with Crippen LogP contribution in [0.4, 0.5) is 0 Å². The molecule has 3 heteroatoms. The molecule has 0 atom stereocenters. The fourth-order valence-corrected chi connectivity index (χ4v) is 1.84. The monoisotopic (exact) mass is 327 g/mol. The molecule has 0 aliphatic carbocycles. The molecule has 0 aliphatic rings. The smallest absolute Gasteiger partial charge is 0.107 e. The predicted octanol–water partition coefficient (Wildman–Crippen LogP) is 4.60. The van der Waals surface area contributed by atoms with Gasteiger partial charge in [-0.05, 0) is 50.9 Å². The lowest BCUT2D eigenvalue weighted by Gasteiger charge is -1.86. The zero-order valence-electron chi connectivity index (χ0n) is 8.32. The van der Waals surface area contributed by atoms with Gasteiger partial charge in [-0.25, -0.2) is 4.98 Å². The first-order valence-electron chi connectivity index (χ1n) is 4.48. The highest BCUT2D eigenvalue weighted by Gasteiger charge is 1.85. The van der Waals surface area contributed by atoms with E-state index in [0.717, 1.165) is 9.21 Å². The largest absolute Gasteiger partial charge is 0.234 e. The van der Waals surface area contributed by atoms with Crippen LogP contribution in [0, 0.1) is 6.92 Å². The molecule has 0 saturated carbocycles. The first-order chi connectivity index (χ1) is 7.18. The molecule has 0 unspecified atom stereocenters. The van der Waals surface area contributed by atoms with Gasteiger partial charge in [0, 0.05) is 0 Å². The summed E-state index contributed by atoms with van der Waals surface area (Å²) in [5.41, 5.74) is 1.32. The predicted molar refractivity (Wildman–Crippen MR) is 70.8 cm³/mol. The van der Waals surface area contributed by atoms with E-state index in [9.17, 15) is 0 Å². The number of hydrogen-bond acceptors (Lipinski definition) is 1. The van der Waals surface area contributed by atoms with E-state index in [1.807, 2.05) is 36.4 Å². The van der Waals surface area contributed by atoms with Crippen molar-refractivity contribution in [3.8, 4) is 0 Å². The molecular weight excluding hydrogens is 318 g/mol. The minimum atomic E-state index is 0.854. The molecule has 1 aromatic carbocycles. The molecule has 2 aromatic rings. The van der Waals surface area contributed by atoms with Gasteiger partial charge in [-0.1, -0.05) is 42.0 Å². The number of rotatable bonds is 0. The molecular formula is C12H11Br2N. The van der Waals surface area contributed by atoms with Crippen LogP contribution >= 0.6 is 31.9 Å². The first kappa shape index (κ1) is 12.4. The summed E-state index contributed by atoms with van der Waals surface area (Å²) in [5, 5.41) is 0. The molecule has 2 rings (SSSR count). The molecule has 0 bridgehead atoms. The third kappa shape index (κ3) is 5.70. The second kappa shape index (κ2) is 6.75. The summed E-state index contributed by atoms with van der Waals surface area (Å²) in [6.07, 6.45) is 0. The van der Waals surface area contributed by atoms with Crippen LogP contribution in [0.3, 0.4) is 0 Å². The van der Waals surface area contributed by atoms with E-state index in [0.29, 0.717) is 0 Å². The quantitative estimate of drug-likeness (QED) is 0.644. The van der Waals surface area contributed by atoms with Crippen LogP contribution in [0.1, 0.15) is 5.56 Å². The van der Waals surface area contributed by atoms with Gasteiger partial charge in [0.05, 0.1) is 0 Å². The fraction of sp³-hybridized carbons (Fsp3) is 0.0833. The van der Waals surface area contributed by atoms with E-state index in [1.54, 1.807) is 0 Å². The van der Waals surface area contributed by atoms with Gasteiger partial charge in [0.25, 0.3) is 0 Å². The van der Waals surface area contributed by atoms with Gasteiger partial charge < -0.3 is 0 Å². The van der Waals surface area contributed by atoms with Gasteiger partial charge >= 0.3 is 0 Å². The lowest BCUT2D eigenvalue weighted by atomic mass is 10.2. The van der Waals surface area contributed by atoms with Crippen molar-refractivity contribution in [2.75, 3.05) is 0 Å². The molecule has 0 saturated heterocycles. The number of pyridine rings is 1. The van der Waals surface area contributed by atoms with Crippen LogP contribution in [0.25, 0.3) is 0 Å². The average molecular weight is 329 g/mol. The summed E-state index contributed by atoms with van der Waals surface area (Å²) in [7, 11) is 0. The topological polar surface area (TPSA) is 12.9 Å². The highest BCUT2D eigenvalue weighted by molar-refractivity contribution is 9.11. The number of hydrogen-bond donors (Lipinski definition) is 0. The van der Waals surface area contributed by atoms with E-state index in [4.69, 9.17) is 0 Å². The SMILES string of the molecule is Brc1cccc(Br)n1.Cc1ccccc1. The standard InChI is InChI=1S/C7H8.C5H3Br2N/c1-7-5-3-2-4-6-7;6-4-2-1-3-5(7)8-4/h2-6H,1H3;1-3H. The molecule has 0 N–H and O–H groups in total. The van der Waals surface area contributed by atoms with Crippen LogP contribution in [-0.2, 0) is 0 Å². The maximum Gasteiger partial charge on any atom is 0.107 e. The van der Waals surface area contributed by atoms with Crippen molar-refractivity contribution in [3.05, 3.63) is 63.3 Å². The number of aromatic nitrogens is 1. The van der Waals surface area contributed by atoms with Crippen molar-refractivity contribution in [1.29, 1.82) is 0 Å². The lowest BCUT2D eigenvalue weighted by Crippen LogP contribution is -1.72. The molecule has 0 spiro atoms. The maximum absolute atomic E-state index is 4.01. The van der Waals surface area contributed by atoms with E-state index in [-0.39, 0.29) is 0 Å². The Morgan fingerprint density at radius 3 is 1.60 bits per heavy atom. The molecule has 0 fully saturated rings. The number of benzene rings is 1. The van der Waals surface area contributed by atoms with Crippen molar-refractivity contribution in [2.45, 2.75) is 6.92 Å². The maximum atomic E-state index is 4.01. The zero-order valence-corrected chi connectivity index (χ0v) is 11.5. The molecule has 15 heavy (non-hydrogen) atoms. The molecule has 0 aliphatic heterocycles. The van der Waals surface area contributed by atoms with E-state index in [2.05, 4.69) is 55.9 Å². The van der Waals surface area contributed by atoms with Crippen LogP contribution in [0.5, 0.6) is 0 Å². The molecule has 78 valence electrons. The van der Waals surface area contributed by atoms with Crippen LogP contribution in [-0.4, -0.2) is 4.98 Å². The van der Waals surface area contributed by atoms with Crippen molar-refractivity contribution >= 4 is 31.9 Å². The molecule has 1 aromatic heterocycles. The minimum absolute atomic E-state index is 0.854. The number of aryl methyl sites for hydroxylation is 1. The molecule has 1 heterocycles. The van der Waals surface area contributed by atoms with Crippen molar-refractivity contribution in [3.63, 3.8) is 0 Å². The Morgan fingerprint density at radius 2 is 1.33 bits per heavy atom. The van der Waals surface area contributed by atoms with Crippen molar-refractivity contribution in [1.82, 2.24) is 4.98 Å². The van der Waals surface area contributed by atoms with Gasteiger partial charge in [-0.3, -0.25) is 0 Å². The van der Waals surface area contributed by atoms with Crippen LogP contribution in [0.15, 0.2) is 57.7 Å². The zero-order chi connectivity index (χ0) is 11.1. The third-order valence-corrected chi connectivity index (χ3v) is 2.50. The summed E-state index contributed by atoms with van der Waals surface area (Å²) < 4.78 is 1.71. The van der Waals surface area contributed by atoms with Gasteiger partial charge in [-0.2, -0.15) is 0 Å². The summed E-state index contributed by atoms with van der Waals surface area (Å²) in [6.45, 7) is 2.08. The lowest BCUT2D eigenvalue weighted by molar-refractivity contribution is 1.23. The second-order valence-electron chi connectivity index (χ2n) is 2.94. The Balaban J connectivity index is 0.000000151. The highest BCUT2D eigenvalue weighted by Crippen LogP contribution is 2.10. The summed E-state index contributed by atoms with van der Waals surface area (Å²) >= 11 is 6.44. The van der Waals surface area contributed by atoms with Gasteiger partial charge in [-0.15, -0.1) is 0 Å². The summed E-state index contributed by atoms with van der Waals surface area (Å²) in [6, 6.07) is 15.9. The Labute approximate surface area is 107 Å². The first-order valence-corrected chi connectivity index (χ1v) is 6.07. The molecule has 1 nitrogen and oxygen atoms in total. The van der Waals surface area contributed by atoms with Gasteiger partial charge in [0.1, 0.15) is 9.21 Å². The van der Waals surface area contributed by atoms with Crippen molar-refractivity contribution in [2.24, 2.45) is 0 Å². The van der Waals surface area contributed by atoms with Gasteiger partial charge in [0.2, 0.25) is 0 Å². The summed E-state index contributed by atoms with van der Waals surface area (Å²) in [5.74, 6) is 0. The normalized spacial score (nSPS) is 9.00. The third-order valence-electron chi connectivity index (χ3n) is 1.62. The molecule has 0 radical (unpaired) electrons. The Hall–Kier alpha value is -0.670. The van der Waals surface area contributed by atoms with Crippen LogP contribution < -0.4 is 0 Å². The van der Waals surface area contributed by atoms with E-state index in [1.165, 1.54) is 5.56 Å².